The molecule has 1 N–H and O–H groups in total. The summed E-state index contributed by atoms with van der Waals surface area (Å²) >= 11 is 0. The molecule has 5 nitrogen and oxygen atoms in total. The summed E-state index contributed by atoms with van der Waals surface area (Å²) in [6.07, 6.45) is 1.79. The van der Waals surface area contributed by atoms with E-state index in [1.54, 1.807) is 42.6 Å². The Morgan fingerprint density at radius 2 is 2.00 bits per heavy atom. The van der Waals surface area contributed by atoms with Crippen molar-refractivity contribution in [1.82, 2.24) is 14.7 Å². The molecule has 0 saturated carbocycles. The fourth-order valence-electron chi connectivity index (χ4n) is 2.89. The van der Waals surface area contributed by atoms with Gasteiger partial charge in [0.1, 0.15) is 22.8 Å². The molecular weight excluding hydrogens is 321 g/mol. The quantitative estimate of drug-likeness (QED) is 0.776. The number of amides is 1. The number of benzene rings is 1. The molecule has 0 aliphatic heterocycles. The maximum absolute atomic E-state index is 14.1. The number of nitrogens with zero attached hydrogens (tertiary/aromatic N) is 2. The molecule has 130 valence electrons. The molecule has 0 unspecified atom stereocenters. The van der Waals surface area contributed by atoms with Crippen molar-refractivity contribution in [1.29, 1.82) is 0 Å². The molecule has 0 fully saturated rings. The number of methoxy groups -OCH3 is 1. The van der Waals surface area contributed by atoms with Crippen molar-refractivity contribution in [3.8, 4) is 0 Å². The zero-order chi connectivity index (χ0) is 18.0. The predicted octanol–water partition coefficient (Wildman–Crippen LogP) is 3.07. The first kappa shape index (κ1) is 17.1. The highest BCUT2D eigenvalue weighted by Gasteiger charge is 2.30. The number of halogens is 1. The van der Waals surface area contributed by atoms with Gasteiger partial charge in [-0.1, -0.05) is 24.3 Å². The van der Waals surface area contributed by atoms with Gasteiger partial charge in [0, 0.05) is 18.9 Å². The third-order valence-electron chi connectivity index (χ3n) is 4.40. The van der Waals surface area contributed by atoms with Crippen molar-refractivity contribution in [3.05, 3.63) is 71.4 Å². The van der Waals surface area contributed by atoms with E-state index in [0.717, 1.165) is 0 Å². The molecular formula is C19H20FN3O2. The van der Waals surface area contributed by atoms with E-state index < -0.39 is 5.60 Å². The Bertz CT molecular complexity index is 922. The van der Waals surface area contributed by atoms with Crippen LogP contribution >= 0.6 is 0 Å². The number of rotatable bonds is 5. The van der Waals surface area contributed by atoms with Crippen LogP contribution in [0.15, 0.2) is 48.7 Å². The zero-order valence-corrected chi connectivity index (χ0v) is 14.4. The minimum Gasteiger partial charge on any atom is -0.372 e. The number of ether oxygens (including phenoxy) is 1. The van der Waals surface area contributed by atoms with Gasteiger partial charge in [-0.2, -0.15) is 0 Å². The molecule has 1 aromatic carbocycles. The van der Waals surface area contributed by atoms with Crippen LogP contribution in [-0.2, 0) is 10.3 Å². The van der Waals surface area contributed by atoms with Gasteiger partial charge >= 0.3 is 0 Å². The van der Waals surface area contributed by atoms with Crippen molar-refractivity contribution in [2.45, 2.75) is 19.4 Å². The summed E-state index contributed by atoms with van der Waals surface area (Å²) in [6, 6.07) is 11.9. The second kappa shape index (κ2) is 6.64. The number of aryl methyl sites for hydroxylation is 1. The molecule has 1 amide bonds. The van der Waals surface area contributed by atoms with Gasteiger partial charge in [-0.05, 0) is 32.0 Å². The lowest BCUT2D eigenvalue weighted by Gasteiger charge is -2.29. The van der Waals surface area contributed by atoms with Crippen LogP contribution in [0.4, 0.5) is 4.39 Å². The smallest absolute Gasteiger partial charge is 0.270 e. The molecule has 0 spiro atoms. The van der Waals surface area contributed by atoms with E-state index in [0.29, 0.717) is 22.6 Å². The number of imidazole rings is 1. The topological polar surface area (TPSA) is 55.6 Å². The standard InChI is InChI=1S/C19H20FN3O2/c1-13-17(23-11-7-6-10-16(23)22-13)18(24)21-12-19(2,25-3)14-8-4-5-9-15(14)20/h4-11H,12H2,1-3H3,(H,21,24)/t19-/m1/s1. The molecule has 0 bridgehead atoms. The predicted molar refractivity (Wildman–Crippen MR) is 93.0 cm³/mol. The van der Waals surface area contributed by atoms with E-state index in [9.17, 15) is 9.18 Å². The molecule has 25 heavy (non-hydrogen) atoms. The minimum absolute atomic E-state index is 0.128. The Morgan fingerprint density at radius 3 is 2.72 bits per heavy atom. The molecule has 0 aliphatic carbocycles. The summed E-state index contributed by atoms with van der Waals surface area (Å²) in [7, 11) is 1.50. The largest absolute Gasteiger partial charge is 0.372 e. The van der Waals surface area contributed by atoms with Gasteiger partial charge in [0.15, 0.2) is 0 Å². The normalized spacial score (nSPS) is 13.6. The maximum atomic E-state index is 14.1. The number of nitrogens with one attached hydrogen (secondary N) is 1. The van der Waals surface area contributed by atoms with Gasteiger partial charge in [0.25, 0.3) is 5.91 Å². The number of hydrogen-bond donors (Lipinski definition) is 1. The zero-order valence-electron chi connectivity index (χ0n) is 14.4. The number of hydrogen-bond acceptors (Lipinski definition) is 3. The van der Waals surface area contributed by atoms with Gasteiger partial charge in [-0.15, -0.1) is 0 Å². The van der Waals surface area contributed by atoms with E-state index in [1.165, 1.54) is 13.2 Å². The fourth-order valence-corrected chi connectivity index (χ4v) is 2.89. The number of pyridine rings is 1. The highest BCUT2D eigenvalue weighted by molar-refractivity contribution is 5.94. The van der Waals surface area contributed by atoms with Crippen LogP contribution in [-0.4, -0.2) is 28.9 Å². The summed E-state index contributed by atoms with van der Waals surface area (Å²) in [5.74, 6) is -0.650. The summed E-state index contributed by atoms with van der Waals surface area (Å²) in [5, 5.41) is 2.84. The Morgan fingerprint density at radius 1 is 1.28 bits per heavy atom. The molecule has 0 aliphatic rings. The molecule has 3 rings (SSSR count). The minimum atomic E-state index is -0.977. The monoisotopic (exact) mass is 341 g/mol. The molecule has 3 aromatic rings. The average molecular weight is 341 g/mol. The van der Waals surface area contributed by atoms with Gasteiger partial charge in [0.05, 0.1) is 12.2 Å². The SMILES string of the molecule is CO[C@](C)(CNC(=O)c1c(C)nc2ccccn12)c1ccccc1F. The second-order valence-electron chi connectivity index (χ2n) is 6.07. The second-order valence-corrected chi connectivity index (χ2v) is 6.07. The van der Waals surface area contributed by atoms with Crippen molar-refractivity contribution in [3.63, 3.8) is 0 Å². The molecule has 6 heteroatoms. The van der Waals surface area contributed by atoms with E-state index in [-0.39, 0.29) is 18.3 Å². The Balaban J connectivity index is 1.85. The summed E-state index contributed by atoms with van der Waals surface area (Å²) in [5.41, 5.74) is 1.22. The molecule has 2 aromatic heterocycles. The molecule has 0 radical (unpaired) electrons. The Hall–Kier alpha value is -2.73. The molecule has 0 saturated heterocycles. The maximum Gasteiger partial charge on any atom is 0.270 e. The van der Waals surface area contributed by atoms with Gasteiger partial charge < -0.3 is 10.1 Å². The van der Waals surface area contributed by atoms with Crippen molar-refractivity contribution >= 4 is 11.6 Å². The third-order valence-corrected chi connectivity index (χ3v) is 4.40. The van der Waals surface area contributed by atoms with E-state index in [1.807, 2.05) is 18.2 Å². The number of carbonyl (C=O) groups excluding carboxylic acids is 1. The van der Waals surface area contributed by atoms with Crippen molar-refractivity contribution in [2.75, 3.05) is 13.7 Å². The van der Waals surface area contributed by atoms with Crippen LogP contribution in [0, 0.1) is 12.7 Å². The Kier molecular flexibility index (Phi) is 4.55. The summed E-state index contributed by atoms with van der Waals surface area (Å²) in [6.45, 7) is 3.66. The first-order valence-electron chi connectivity index (χ1n) is 7.98. The number of carbonyl (C=O) groups is 1. The van der Waals surface area contributed by atoms with E-state index in [2.05, 4.69) is 10.3 Å². The summed E-state index contributed by atoms with van der Waals surface area (Å²) < 4.78 is 21.4. The van der Waals surface area contributed by atoms with Crippen LogP contribution in [0.2, 0.25) is 0 Å². The van der Waals surface area contributed by atoms with Gasteiger partial charge in [0.2, 0.25) is 0 Å². The van der Waals surface area contributed by atoms with Crippen LogP contribution in [0.5, 0.6) is 0 Å². The average Bonchev–Trinajstić information content (AvgIpc) is 2.95. The third kappa shape index (κ3) is 3.13. The van der Waals surface area contributed by atoms with Crippen LogP contribution in [0.3, 0.4) is 0 Å². The van der Waals surface area contributed by atoms with E-state index >= 15 is 0 Å². The van der Waals surface area contributed by atoms with Crippen LogP contribution in [0.1, 0.15) is 28.7 Å². The highest BCUT2D eigenvalue weighted by Crippen LogP contribution is 2.26. The summed E-state index contributed by atoms with van der Waals surface area (Å²) in [4.78, 5) is 17.1. The van der Waals surface area contributed by atoms with Crippen LogP contribution in [0.25, 0.3) is 5.65 Å². The lowest BCUT2D eigenvalue weighted by atomic mass is 9.95. The first-order valence-corrected chi connectivity index (χ1v) is 7.98. The first-order chi connectivity index (χ1) is 12.0. The van der Waals surface area contributed by atoms with Crippen molar-refractivity contribution in [2.24, 2.45) is 0 Å². The van der Waals surface area contributed by atoms with E-state index in [4.69, 9.17) is 4.74 Å². The van der Waals surface area contributed by atoms with Gasteiger partial charge in [-0.25, -0.2) is 9.37 Å². The number of aromatic nitrogens is 2. The lowest BCUT2D eigenvalue weighted by molar-refractivity contribution is 0.000333. The van der Waals surface area contributed by atoms with Gasteiger partial charge in [-0.3, -0.25) is 9.20 Å². The Labute approximate surface area is 145 Å². The lowest BCUT2D eigenvalue weighted by Crippen LogP contribution is -2.41. The fraction of sp³-hybridized carbons (Fsp3) is 0.263. The number of fused-ring (bicyclic) bond motifs is 1. The molecule has 2 heterocycles. The highest BCUT2D eigenvalue weighted by atomic mass is 19.1. The van der Waals surface area contributed by atoms with Crippen molar-refractivity contribution < 1.29 is 13.9 Å². The van der Waals surface area contributed by atoms with Crippen LogP contribution < -0.4 is 5.32 Å². The molecule has 1 atom stereocenters.